The van der Waals surface area contributed by atoms with Crippen LogP contribution in [0.5, 0.6) is 10.9 Å². The third-order valence-electron chi connectivity index (χ3n) is 4.94. The van der Waals surface area contributed by atoms with Crippen molar-refractivity contribution in [3.63, 3.8) is 0 Å². The molecule has 2 aromatic carbocycles. The Labute approximate surface area is 167 Å². The van der Waals surface area contributed by atoms with E-state index in [4.69, 9.17) is 15.2 Å². The number of para-hydroxylation sites is 1. The van der Waals surface area contributed by atoms with Gasteiger partial charge in [0.15, 0.2) is 0 Å². The Morgan fingerprint density at radius 3 is 2.61 bits per heavy atom. The number of hydrogen-bond donors (Lipinski definition) is 1. The van der Waals surface area contributed by atoms with E-state index in [9.17, 15) is 4.79 Å². The normalized spacial score (nSPS) is 15.6. The number of hydrogen-bond acceptors (Lipinski definition) is 6. The first-order chi connectivity index (χ1) is 13.7. The molecule has 0 radical (unpaired) electrons. The highest BCUT2D eigenvalue weighted by Crippen LogP contribution is 2.31. The van der Waals surface area contributed by atoms with Gasteiger partial charge in [-0.3, -0.25) is 0 Å². The van der Waals surface area contributed by atoms with Gasteiger partial charge < -0.3 is 20.1 Å². The van der Waals surface area contributed by atoms with Gasteiger partial charge in [-0.1, -0.05) is 35.6 Å². The van der Waals surface area contributed by atoms with Gasteiger partial charge >= 0.3 is 6.09 Å². The number of primary amides is 1. The Bertz CT molecular complexity index is 900. The van der Waals surface area contributed by atoms with Crippen LogP contribution in [0.3, 0.4) is 0 Å². The summed E-state index contributed by atoms with van der Waals surface area (Å²) in [7, 11) is 0. The van der Waals surface area contributed by atoms with Crippen LogP contribution in [-0.2, 0) is 11.2 Å². The van der Waals surface area contributed by atoms with Gasteiger partial charge in [0.2, 0.25) is 0 Å². The minimum absolute atomic E-state index is 0.0345. The van der Waals surface area contributed by atoms with Crippen molar-refractivity contribution in [1.29, 1.82) is 0 Å². The summed E-state index contributed by atoms with van der Waals surface area (Å²) in [5.74, 6) is 0.798. The van der Waals surface area contributed by atoms with Crippen LogP contribution in [0.25, 0.3) is 10.2 Å². The molecule has 0 bridgehead atoms. The first kappa shape index (κ1) is 18.7. The Kier molecular flexibility index (Phi) is 5.73. The van der Waals surface area contributed by atoms with Crippen molar-refractivity contribution in [2.24, 2.45) is 5.73 Å². The summed E-state index contributed by atoms with van der Waals surface area (Å²) < 4.78 is 12.1. The minimum atomic E-state index is -0.674. The Balaban J connectivity index is 1.26. The van der Waals surface area contributed by atoms with E-state index in [0.717, 1.165) is 54.9 Å². The third kappa shape index (κ3) is 4.79. The van der Waals surface area contributed by atoms with Crippen LogP contribution in [0.15, 0.2) is 48.5 Å². The van der Waals surface area contributed by atoms with Crippen molar-refractivity contribution in [3.8, 4) is 10.9 Å². The molecule has 0 spiro atoms. The number of rotatable bonds is 6. The second-order valence-electron chi connectivity index (χ2n) is 6.92. The number of thiazole rings is 1. The average molecular weight is 398 g/mol. The Hall–Kier alpha value is -2.64. The summed E-state index contributed by atoms with van der Waals surface area (Å²) in [6.45, 7) is 2.84. The zero-order chi connectivity index (χ0) is 19.3. The van der Waals surface area contributed by atoms with Crippen molar-refractivity contribution in [2.45, 2.75) is 25.4 Å². The second-order valence-corrected chi connectivity index (χ2v) is 7.91. The number of likely N-dealkylation sites (tertiary alicyclic amines) is 1. The van der Waals surface area contributed by atoms with Gasteiger partial charge in [0, 0.05) is 19.6 Å². The van der Waals surface area contributed by atoms with Gasteiger partial charge in [0.25, 0.3) is 5.19 Å². The fourth-order valence-corrected chi connectivity index (χ4v) is 4.26. The van der Waals surface area contributed by atoms with Crippen LogP contribution >= 0.6 is 11.3 Å². The lowest BCUT2D eigenvalue weighted by Gasteiger charge is -2.31. The molecule has 7 heteroatoms. The monoisotopic (exact) mass is 397 g/mol. The molecular weight excluding hydrogens is 374 g/mol. The Morgan fingerprint density at radius 1 is 1.14 bits per heavy atom. The molecule has 2 N–H and O–H groups in total. The maximum Gasteiger partial charge on any atom is 0.404 e. The topological polar surface area (TPSA) is 77.7 Å². The van der Waals surface area contributed by atoms with E-state index >= 15 is 0 Å². The molecule has 1 fully saturated rings. The number of carbonyl (C=O) groups excluding carboxylic acids is 1. The van der Waals surface area contributed by atoms with Crippen molar-refractivity contribution in [3.05, 3.63) is 54.1 Å². The summed E-state index contributed by atoms with van der Waals surface area (Å²) in [5, 5.41) is 0.662. The van der Waals surface area contributed by atoms with Crippen LogP contribution in [-0.4, -0.2) is 41.7 Å². The molecule has 146 valence electrons. The molecule has 0 saturated carbocycles. The van der Waals surface area contributed by atoms with E-state index < -0.39 is 6.09 Å². The highest BCUT2D eigenvalue weighted by atomic mass is 32.1. The number of fused-ring (bicyclic) bond motifs is 1. The molecule has 1 aliphatic rings. The zero-order valence-electron chi connectivity index (χ0n) is 15.5. The lowest BCUT2D eigenvalue weighted by molar-refractivity contribution is 0.0566. The van der Waals surface area contributed by atoms with Gasteiger partial charge in [-0.2, -0.15) is 0 Å². The minimum Gasteiger partial charge on any atom is -0.446 e. The number of carbonyl (C=O) groups is 1. The smallest absolute Gasteiger partial charge is 0.404 e. The largest absolute Gasteiger partial charge is 0.446 e. The van der Waals surface area contributed by atoms with Crippen molar-refractivity contribution in [1.82, 2.24) is 9.88 Å². The molecule has 2 heterocycles. The number of piperidine rings is 1. The number of nitrogens with two attached hydrogens (primary N) is 1. The highest BCUT2D eigenvalue weighted by Gasteiger charge is 2.21. The zero-order valence-corrected chi connectivity index (χ0v) is 16.4. The molecule has 1 aliphatic heterocycles. The molecule has 6 nitrogen and oxygen atoms in total. The van der Waals surface area contributed by atoms with E-state index in [-0.39, 0.29) is 6.10 Å². The standard InChI is InChI=1S/C21H23N3O3S/c22-20(25)26-17-10-13-24(14-11-17)12-9-15-5-7-16(8-6-15)27-21-23-18-3-1-2-4-19(18)28-21/h1-8,17H,9-14H2,(H2,22,25). The van der Waals surface area contributed by atoms with Crippen LogP contribution < -0.4 is 10.5 Å². The molecule has 0 atom stereocenters. The lowest BCUT2D eigenvalue weighted by atomic mass is 10.1. The molecule has 0 unspecified atom stereocenters. The van der Waals surface area contributed by atoms with Crippen molar-refractivity contribution in [2.75, 3.05) is 19.6 Å². The van der Waals surface area contributed by atoms with Crippen LogP contribution in [0, 0.1) is 0 Å². The molecule has 1 saturated heterocycles. The summed E-state index contributed by atoms with van der Waals surface area (Å²) in [5.41, 5.74) is 7.32. The van der Waals surface area contributed by atoms with E-state index in [1.807, 2.05) is 36.4 Å². The van der Waals surface area contributed by atoms with Crippen LogP contribution in [0.4, 0.5) is 4.79 Å². The molecule has 1 aromatic heterocycles. The predicted molar refractivity (Wildman–Crippen MR) is 110 cm³/mol. The summed E-state index contributed by atoms with van der Waals surface area (Å²) in [4.78, 5) is 17.7. The third-order valence-corrected chi connectivity index (χ3v) is 5.85. The maximum atomic E-state index is 10.8. The molecule has 0 aliphatic carbocycles. The SMILES string of the molecule is NC(=O)OC1CCN(CCc2ccc(Oc3nc4ccccc4s3)cc2)CC1. The van der Waals surface area contributed by atoms with Crippen molar-refractivity contribution < 1.29 is 14.3 Å². The van der Waals surface area contributed by atoms with E-state index in [0.29, 0.717) is 5.19 Å². The second kappa shape index (κ2) is 8.58. The summed E-state index contributed by atoms with van der Waals surface area (Å²) >= 11 is 1.55. The van der Waals surface area contributed by atoms with Gasteiger partial charge in [-0.05, 0) is 49.1 Å². The summed E-state index contributed by atoms with van der Waals surface area (Å²) in [6, 6.07) is 16.2. The molecule has 1 amide bonds. The van der Waals surface area contributed by atoms with Crippen LogP contribution in [0.2, 0.25) is 0 Å². The number of amides is 1. The average Bonchev–Trinajstić information content (AvgIpc) is 3.10. The molecule has 28 heavy (non-hydrogen) atoms. The number of ether oxygens (including phenoxy) is 2. The van der Waals surface area contributed by atoms with Crippen LogP contribution in [0.1, 0.15) is 18.4 Å². The van der Waals surface area contributed by atoms with E-state index in [2.05, 4.69) is 22.0 Å². The summed E-state index contributed by atoms with van der Waals surface area (Å²) in [6.07, 6.45) is 1.96. The molecule has 3 aromatic rings. The molecular formula is C21H23N3O3S. The number of nitrogens with zero attached hydrogens (tertiary/aromatic N) is 2. The fourth-order valence-electron chi connectivity index (χ4n) is 3.42. The van der Waals surface area contributed by atoms with Gasteiger partial charge in [-0.15, -0.1) is 0 Å². The lowest BCUT2D eigenvalue weighted by Crippen LogP contribution is -2.39. The first-order valence-corrected chi connectivity index (χ1v) is 10.3. The number of benzene rings is 2. The van der Waals surface area contributed by atoms with Gasteiger partial charge in [0.1, 0.15) is 11.9 Å². The van der Waals surface area contributed by atoms with E-state index in [1.54, 1.807) is 11.3 Å². The Morgan fingerprint density at radius 2 is 1.89 bits per heavy atom. The quantitative estimate of drug-likeness (QED) is 0.675. The number of aromatic nitrogens is 1. The molecule has 4 rings (SSSR count). The van der Waals surface area contributed by atoms with Gasteiger partial charge in [-0.25, -0.2) is 9.78 Å². The fraction of sp³-hybridized carbons (Fsp3) is 0.333. The maximum absolute atomic E-state index is 10.8. The highest BCUT2D eigenvalue weighted by molar-refractivity contribution is 7.20. The predicted octanol–water partition coefficient (Wildman–Crippen LogP) is 4.19. The van der Waals surface area contributed by atoms with Gasteiger partial charge in [0.05, 0.1) is 10.2 Å². The van der Waals surface area contributed by atoms with E-state index in [1.165, 1.54) is 5.56 Å². The van der Waals surface area contributed by atoms with Crippen molar-refractivity contribution >= 4 is 27.6 Å². The first-order valence-electron chi connectivity index (χ1n) is 9.46.